The summed E-state index contributed by atoms with van der Waals surface area (Å²) in [5, 5.41) is 10.2. The number of aromatic hydroxyl groups is 1. The van der Waals surface area contributed by atoms with Crippen molar-refractivity contribution in [3.63, 3.8) is 0 Å². The number of halogens is 1. The Morgan fingerprint density at radius 2 is 1.52 bits per heavy atom. The Morgan fingerprint density at radius 3 is 2.24 bits per heavy atom. The Balaban J connectivity index is 1.89. The van der Waals surface area contributed by atoms with Crippen molar-refractivity contribution < 1.29 is 19.3 Å². The van der Waals surface area contributed by atoms with Crippen LogP contribution in [0.3, 0.4) is 0 Å². The molecule has 4 nitrogen and oxygen atoms in total. The highest BCUT2D eigenvalue weighted by Gasteiger charge is 2.02. The third-order valence-corrected chi connectivity index (χ3v) is 4.27. The van der Waals surface area contributed by atoms with E-state index < -0.39 is 0 Å². The number of methoxy groups -OCH3 is 3. The van der Waals surface area contributed by atoms with Crippen molar-refractivity contribution in [2.45, 2.75) is 6.42 Å². The third-order valence-electron chi connectivity index (χ3n) is 4.02. The molecule has 0 saturated carbocycles. The van der Waals surface area contributed by atoms with Crippen molar-refractivity contribution in [3.05, 3.63) is 82.9 Å². The highest BCUT2D eigenvalue weighted by Crippen LogP contribution is 2.28. The van der Waals surface area contributed by atoms with Crippen LogP contribution in [0.5, 0.6) is 23.0 Å². The maximum atomic E-state index is 9.60. The van der Waals surface area contributed by atoms with Crippen molar-refractivity contribution in [1.29, 1.82) is 0 Å². The molecule has 0 heterocycles. The summed E-state index contributed by atoms with van der Waals surface area (Å²) in [5.41, 5.74) is 1.92. The molecular formula is C24H25ClO4. The van der Waals surface area contributed by atoms with Gasteiger partial charge < -0.3 is 19.3 Å². The Morgan fingerprint density at radius 1 is 0.862 bits per heavy atom. The van der Waals surface area contributed by atoms with Gasteiger partial charge >= 0.3 is 0 Å². The quantitative estimate of drug-likeness (QED) is 0.497. The maximum Gasteiger partial charge on any atom is 0.161 e. The first-order valence-electron chi connectivity index (χ1n) is 9.03. The third kappa shape index (κ3) is 7.09. The zero-order valence-corrected chi connectivity index (χ0v) is 17.5. The molecule has 0 radical (unpaired) electrons. The molecule has 0 bridgehead atoms. The van der Waals surface area contributed by atoms with Crippen LogP contribution in [0.25, 0.3) is 12.2 Å². The molecule has 0 atom stereocenters. The van der Waals surface area contributed by atoms with E-state index in [4.69, 9.17) is 25.8 Å². The Hall–Kier alpha value is -3.11. The minimum Gasteiger partial charge on any atom is -0.504 e. The molecule has 5 heteroatoms. The van der Waals surface area contributed by atoms with Gasteiger partial charge in [-0.2, -0.15) is 0 Å². The van der Waals surface area contributed by atoms with E-state index in [9.17, 15) is 5.11 Å². The van der Waals surface area contributed by atoms with Gasteiger partial charge in [0.05, 0.1) is 21.3 Å². The van der Waals surface area contributed by atoms with E-state index in [2.05, 4.69) is 0 Å². The summed E-state index contributed by atoms with van der Waals surface area (Å²) in [4.78, 5) is 0. The SMILES string of the molecule is COc1cc(/C=C/C/C=C/C=C(Cl)/C=C/c2ccc(OC)c(OC)c2)ccc1O. The molecule has 152 valence electrons. The van der Waals surface area contributed by atoms with E-state index in [1.807, 2.05) is 66.8 Å². The second kappa shape index (κ2) is 11.7. The van der Waals surface area contributed by atoms with Gasteiger partial charge in [-0.3, -0.25) is 0 Å². The van der Waals surface area contributed by atoms with Crippen LogP contribution in [0.4, 0.5) is 0 Å². The normalized spacial score (nSPS) is 12.2. The molecule has 2 rings (SSSR count). The maximum absolute atomic E-state index is 9.60. The lowest BCUT2D eigenvalue weighted by Crippen LogP contribution is -1.90. The van der Waals surface area contributed by atoms with E-state index in [1.54, 1.807) is 26.4 Å². The zero-order chi connectivity index (χ0) is 21.1. The molecule has 0 saturated heterocycles. The minimum absolute atomic E-state index is 0.130. The fourth-order valence-corrected chi connectivity index (χ4v) is 2.64. The lowest BCUT2D eigenvalue weighted by Gasteiger charge is -2.07. The summed E-state index contributed by atoms with van der Waals surface area (Å²) in [5.74, 6) is 1.95. The Labute approximate surface area is 177 Å². The van der Waals surface area contributed by atoms with Gasteiger partial charge in [-0.05, 0) is 54.0 Å². The number of hydrogen-bond donors (Lipinski definition) is 1. The molecule has 2 aromatic rings. The van der Waals surface area contributed by atoms with Gasteiger partial charge in [-0.15, -0.1) is 0 Å². The topological polar surface area (TPSA) is 47.9 Å². The number of phenols is 1. The largest absolute Gasteiger partial charge is 0.504 e. The van der Waals surface area contributed by atoms with Gasteiger partial charge in [0, 0.05) is 5.03 Å². The van der Waals surface area contributed by atoms with Gasteiger partial charge in [0.2, 0.25) is 0 Å². The van der Waals surface area contributed by atoms with Crippen molar-refractivity contribution in [3.8, 4) is 23.0 Å². The fraction of sp³-hybridized carbons (Fsp3) is 0.167. The first kappa shape index (κ1) is 22.2. The van der Waals surface area contributed by atoms with Crippen LogP contribution in [-0.4, -0.2) is 26.4 Å². The summed E-state index contributed by atoms with van der Waals surface area (Å²) < 4.78 is 15.6. The first-order valence-corrected chi connectivity index (χ1v) is 9.41. The number of rotatable bonds is 9. The van der Waals surface area contributed by atoms with E-state index in [-0.39, 0.29) is 5.75 Å². The number of allylic oxidation sites excluding steroid dienone is 6. The Kier molecular flexibility index (Phi) is 8.93. The van der Waals surface area contributed by atoms with Crippen molar-refractivity contribution in [2.24, 2.45) is 0 Å². The molecule has 0 unspecified atom stereocenters. The average molecular weight is 413 g/mol. The standard InChI is InChI=1S/C24H25ClO4/c1-27-22-15-12-19(17-24(22)29-3)10-13-20(25)9-7-5-4-6-8-18-11-14-21(26)23(16-18)28-2/h5-17,26H,4H2,1-3H3/b7-5+,8-6+,13-10+,20-9-. The molecule has 0 aliphatic carbocycles. The highest BCUT2D eigenvalue weighted by molar-refractivity contribution is 6.31. The summed E-state index contributed by atoms with van der Waals surface area (Å²) in [6.45, 7) is 0. The van der Waals surface area contributed by atoms with Gasteiger partial charge in [0.15, 0.2) is 23.0 Å². The van der Waals surface area contributed by atoms with E-state index in [0.29, 0.717) is 22.3 Å². The van der Waals surface area contributed by atoms with Crippen LogP contribution < -0.4 is 14.2 Å². The van der Waals surface area contributed by atoms with Gasteiger partial charge in [0.1, 0.15) is 0 Å². The van der Waals surface area contributed by atoms with E-state index in [1.165, 1.54) is 7.11 Å². The molecule has 2 aromatic carbocycles. The summed E-state index contributed by atoms with van der Waals surface area (Å²) in [6, 6.07) is 10.9. The van der Waals surface area contributed by atoms with Crippen molar-refractivity contribution in [1.82, 2.24) is 0 Å². The molecular weight excluding hydrogens is 388 g/mol. The zero-order valence-electron chi connectivity index (χ0n) is 16.8. The Bertz CT molecular complexity index is 926. The summed E-state index contributed by atoms with van der Waals surface area (Å²) in [6.07, 6.45) is 14.2. The number of ether oxygens (including phenoxy) is 3. The minimum atomic E-state index is 0.130. The van der Waals surface area contributed by atoms with Crippen LogP contribution >= 0.6 is 11.6 Å². The number of hydrogen-bond acceptors (Lipinski definition) is 4. The lowest BCUT2D eigenvalue weighted by molar-refractivity contribution is 0.355. The van der Waals surface area contributed by atoms with Crippen LogP contribution in [0.1, 0.15) is 17.5 Å². The first-order chi connectivity index (χ1) is 14.1. The predicted octanol–water partition coefficient (Wildman–Crippen LogP) is 6.21. The molecule has 1 N–H and O–H groups in total. The fourth-order valence-electron chi connectivity index (χ4n) is 2.51. The predicted molar refractivity (Wildman–Crippen MR) is 120 cm³/mol. The molecule has 0 fully saturated rings. The molecule has 0 aliphatic rings. The molecule has 0 aromatic heterocycles. The van der Waals surface area contributed by atoms with E-state index in [0.717, 1.165) is 17.5 Å². The van der Waals surface area contributed by atoms with Gasteiger partial charge in [-0.1, -0.05) is 54.1 Å². The van der Waals surface area contributed by atoms with Crippen molar-refractivity contribution in [2.75, 3.05) is 21.3 Å². The van der Waals surface area contributed by atoms with Crippen LogP contribution in [-0.2, 0) is 0 Å². The number of phenolic OH excluding ortho intramolecular Hbond substituents is 1. The monoisotopic (exact) mass is 412 g/mol. The second-order valence-electron chi connectivity index (χ2n) is 6.00. The van der Waals surface area contributed by atoms with Gasteiger partial charge in [-0.25, -0.2) is 0 Å². The lowest BCUT2D eigenvalue weighted by atomic mass is 10.1. The smallest absolute Gasteiger partial charge is 0.161 e. The van der Waals surface area contributed by atoms with Crippen LogP contribution in [0.2, 0.25) is 0 Å². The van der Waals surface area contributed by atoms with Crippen molar-refractivity contribution >= 4 is 23.8 Å². The summed E-state index contributed by atoms with van der Waals surface area (Å²) >= 11 is 6.23. The van der Waals surface area contributed by atoms with Crippen LogP contribution in [0, 0.1) is 0 Å². The highest BCUT2D eigenvalue weighted by atomic mass is 35.5. The molecule has 29 heavy (non-hydrogen) atoms. The van der Waals surface area contributed by atoms with Crippen LogP contribution in [0.15, 0.2) is 71.8 Å². The second-order valence-corrected chi connectivity index (χ2v) is 6.43. The summed E-state index contributed by atoms with van der Waals surface area (Å²) in [7, 11) is 4.74. The van der Waals surface area contributed by atoms with Gasteiger partial charge in [0.25, 0.3) is 0 Å². The van der Waals surface area contributed by atoms with E-state index >= 15 is 0 Å². The molecule has 0 amide bonds. The molecule has 0 spiro atoms. The average Bonchev–Trinajstić information content (AvgIpc) is 2.75. The number of benzene rings is 2. The molecule has 0 aliphatic heterocycles.